The highest BCUT2D eigenvalue weighted by Gasteiger charge is 2.23. The number of fused-ring (bicyclic) bond motifs is 1. The fourth-order valence-electron chi connectivity index (χ4n) is 3.94. The smallest absolute Gasteiger partial charge is 0.348 e. The molecule has 0 aliphatic carbocycles. The van der Waals surface area contributed by atoms with Crippen molar-refractivity contribution in [1.29, 1.82) is 0 Å². The van der Waals surface area contributed by atoms with E-state index >= 15 is 0 Å². The van der Waals surface area contributed by atoms with Gasteiger partial charge in [0, 0.05) is 15.7 Å². The number of aromatic nitrogens is 6. The second-order valence-corrected chi connectivity index (χ2v) is 10.9. The van der Waals surface area contributed by atoms with Crippen molar-refractivity contribution in [2.45, 2.75) is 37.7 Å². The van der Waals surface area contributed by atoms with Crippen molar-refractivity contribution in [3.63, 3.8) is 0 Å². The molecule has 0 amide bonds. The fourth-order valence-corrected chi connectivity index (χ4v) is 5.72. The lowest BCUT2D eigenvalue weighted by Crippen LogP contribution is -2.05. The maximum Gasteiger partial charge on any atom is 0.348 e. The number of hydrogen-bond acceptors (Lipinski definition) is 7. The third kappa shape index (κ3) is 4.10. The Kier molecular flexibility index (Phi) is 5.93. The van der Waals surface area contributed by atoms with Gasteiger partial charge in [0.2, 0.25) is 0 Å². The van der Waals surface area contributed by atoms with Crippen LogP contribution in [0.4, 0.5) is 0 Å². The summed E-state index contributed by atoms with van der Waals surface area (Å²) in [6.07, 6.45) is 0. The molecule has 0 unspecified atom stereocenters. The van der Waals surface area contributed by atoms with Gasteiger partial charge in [0.25, 0.3) is 0 Å². The van der Waals surface area contributed by atoms with Crippen molar-refractivity contribution in [2.75, 3.05) is 0 Å². The number of nitrogens with zero attached hydrogens (tertiary/aromatic N) is 5. The van der Waals surface area contributed by atoms with Gasteiger partial charge in [-0.05, 0) is 34.0 Å². The summed E-state index contributed by atoms with van der Waals surface area (Å²) >= 11 is 2.93. The second-order valence-electron chi connectivity index (χ2n) is 8.13. The van der Waals surface area contributed by atoms with Crippen molar-refractivity contribution < 1.29 is 9.90 Å². The molecular formula is C24H22N6O2S2. The van der Waals surface area contributed by atoms with E-state index in [-0.39, 0.29) is 0 Å². The SMILES string of the molecule is Cc1sc(C(=O)O)c2c1nc(SC(C)C)n2Cc1ccc(-c2ccccc2-c2nnn[nH]2)cc1. The normalized spacial score (nSPS) is 11.5. The number of aryl methyl sites for hydroxylation is 1. The average molecular weight is 491 g/mol. The molecule has 0 bridgehead atoms. The summed E-state index contributed by atoms with van der Waals surface area (Å²) < 4.78 is 2.04. The van der Waals surface area contributed by atoms with E-state index in [0.717, 1.165) is 37.8 Å². The summed E-state index contributed by atoms with van der Waals surface area (Å²) in [7, 11) is 0. The van der Waals surface area contributed by atoms with Gasteiger partial charge >= 0.3 is 5.97 Å². The number of tetrazole rings is 1. The number of imidazole rings is 1. The first-order valence-electron chi connectivity index (χ1n) is 10.7. The zero-order valence-electron chi connectivity index (χ0n) is 18.8. The maximum atomic E-state index is 11.9. The van der Waals surface area contributed by atoms with Crippen molar-refractivity contribution >= 4 is 40.1 Å². The largest absolute Gasteiger partial charge is 0.477 e. The number of rotatable bonds is 7. The zero-order valence-corrected chi connectivity index (χ0v) is 20.4. The van der Waals surface area contributed by atoms with Crippen LogP contribution in [0.3, 0.4) is 0 Å². The lowest BCUT2D eigenvalue weighted by atomic mass is 9.98. The summed E-state index contributed by atoms with van der Waals surface area (Å²) in [6.45, 7) is 6.68. The van der Waals surface area contributed by atoms with Crippen LogP contribution < -0.4 is 0 Å². The molecular weight excluding hydrogens is 468 g/mol. The van der Waals surface area contributed by atoms with Gasteiger partial charge in [-0.1, -0.05) is 74.1 Å². The summed E-state index contributed by atoms with van der Waals surface area (Å²) in [4.78, 5) is 18.0. The molecule has 0 saturated heterocycles. The number of carboxylic acids is 1. The highest BCUT2D eigenvalue weighted by atomic mass is 32.2. The van der Waals surface area contributed by atoms with Crippen LogP contribution in [0.15, 0.2) is 53.7 Å². The lowest BCUT2D eigenvalue weighted by Gasteiger charge is -2.12. The molecule has 8 nitrogen and oxygen atoms in total. The third-order valence-electron chi connectivity index (χ3n) is 5.40. The lowest BCUT2D eigenvalue weighted by molar-refractivity contribution is 0.0703. The average Bonchev–Trinajstić information content (AvgIpc) is 3.53. The minimum atomic E-state index is -0.917. The van der Waals surface area contributed by atoms with E-state index in [9.17, 15) is 9.90 Å². The maximum absolute atomic E-state index is 11.9. The number of aromatic amines is 1. The Hall–Kier alpha value is -3.50. The predicted molar refractivity (Wildman–Crippen MR) is 134 cm³/mol. The minimum absolute atomic E-state index is 0.326. The molecule has 0 atom stereocenters. The zero-order chi connectivity index (χ0) is 23.8. The van der Waals surface area contributed by atoms with Gasteiger partial charge in [0.1, 0.15) is 10.4 Å². The third-order valence-corrected chi connectivity index (χ3v) is 7.47. The topological polar surface area (TPSA) is 110 Å². The number of H-pyrrole nitrogens is 1. The van der Waals surface area contributed by atoms with Crippen molar-refractivity contribution in [3.8, 4) is 22.5 Å². The molecule has 10 heteroatoms. The molecule has 0 aliphatic heterocycles. The van der Waals surface area contributed by atoms with E-state index in [1.165, 1.54) is 11.3 Å². The van der Waals surface area contributed by atoms with E-state index in [1.54, 1.807) is 11.8 Å². The Morgan fingerprint density at radius 3 is 2.53 bits per heavy atom. The number of benzene rings is 2. The highest BCUT2D eigenvalue weighted by molar-refractivity contribution is 7.99. The summed E-state index contributed by atoms with van der Waals surface area (Å²) in [6, 6.07) is 16.2. The first-order chi connectivity index (χ1) is 16.4. The summed E-state index contributed by atoms with van der Waals surface area (Å²) in [5.74, 6) is -0.302. The van der Waals surface area contributed by atoms with Crippen LogP contribution >= 0.6 is 23.1 Å². The van der Waals surface area contributed by atoms with Gasteiger partial charge in [-0.3, -0.25) is 0 Å². The monoisotopic (exact) mass is 490 g/mol. The van der Waals surface area contributed by atoms with E-state index in [2.05, 4.69) is 58.7 Å². The number of aromatic carboxylic acids is 1. The fraction of sp³-hybridized carbons (Fsp3) is 0.208. The van der Waals surface area contributed by atoms with Crippen molar-refractivity contribution in [3.05, 3.63) is 63.8 Å². The molecule has 0 saturated carbocycles. The molecule has 2 N–H and O–H groups in total. The number of thioether (sulfide) groups is 1. The quantitative estimate of drug-likeness (QED) is 0.290. The highest BCUT2D eigenvalue weighted by Crippen LogP contribution is 2.36. The Bertz CT molecular complexity index is 1470. The van der Waals surface area contributed by atoms with E-state index in [1.807, 2.05) is 35.8 Å². The van der Waals surface area contributed by atoms with Crippen molar-refractivity contribution in [2.24, 2.45) is 0 Å². The standard InChI is InChI=1S/C24H22N6O2S2/c1-13(2)33-24-25-19-14(3)34-21(23(31)32)20(19)30(24)12-15-8-10-16(11-9-15)17-6-4-5-7-18(17)22-26-28-29-27-22/h4-11,13H,12H2,1-3H3,(H,31,32)(H,26,27,28,29). The van der Waals surface area contributed by atoms with Crippen LogP contribution in [0.25, 0.3) is 33.5 Å². The van der Waals surface area contributed by atoms with Crippen LogP contribution in [0.5, 0.6) is 0 Å². The molecule has 2 aromatic carbocycles. The van der Waals surface area contributed by atoms with Crippen molar-refractivity contribution in [1.82, 2.24) is 30.2 Å². The van der Waals surface area contributed by atoms with Gasteiger partial charge in [-0.2, -0.15) is 0 Å². The van der Waals surface area contributed by atoms with Gasteiger partial charge in [0.05, 0.1) is 12.1 Å². The molecule has 5 rings (SSSR count). The molecule has 3 aromatic heterocycles. The number of nitrogens with one attached hydrogen (secondary N) is 1. The number of carboxylic acid groups (broad SMARTS) is 1. The Labute approximate surface area is 204 Å². The van der Waals surface area contributed by atoms with Crippen LogP contribution in [0.2, 0.25) is 0 Å². The van der Waals surface area contributed by atoms with Gasteiger partial charge in [0.15, 0.2) is 11.0 Å². The van der Waals surface area contributed by atoms with Crippen LogP contribution in [-0.4, -0.2) is 46.5 Å². The van der Waals surface area contributed by atoms with E-state index in [4.69, 9.17) is 4.98 Å². The minimum Gasteiger partial charge on any atom is -0.477 e. The Balaban J connectivity index is 1.53. The second kappa shape index (κ2) is 9.03. The summed E-state index contributed by atoms with van der Waals surface area (Å²) in [5, 5.41) is 25.2. The molecule has 0 aliphatic rings. The molecule has 0 spiro atoms. The van der Waals surface area contributed by atoms with Gasteiger partial charge < -0.3 is 9.67 Å². The number of hydrogen-bond donors (Lipinski definition) is 2. The Morgan fingerprint density at radius 1 is 1.15 bits per heavy atom. The van der Waals surface area contributed by atoms with Crippen LogP contribution in [-0.2, 0) is 6.54 Å². The molecule has 34 heavy (non-hydrogen) atoms. The van der Waals surface area contributed by atoms with E-state index < -0.39 is 5.97 Å². The number of carbonyl (C=O) groups is 1. The van der Waals surface area contributed by atoms with Gasteiger partial charge in [-0.25, -0.2) is 14.9 Å². The number of thiophene rings is 1. The van der Waals surface area contributed by atoms with E-state index in [0.29, 0.717) is 28.0 Å². The summed E-state index contributed by atoms with van der Waals surface area (Å²) in [5.41, 5.74) is 5.53. The molecule has 3 heterocycles. The molecule has 5 aromatic rings. The first kappa shape index (κ1) is 22.3. The first-order valence-corrected chi connectivity index (χ1v) is 12.4. The molecule has 172 valence electrons. The molecule has 0 radical (unpaired) electrons. The van der Waals surface area contributed by atoms with Gasteiger partial charge in [-0.15, -0.1) is 16.4 Å². The van der Waals surface area contributed by atoms with Crippen LogP contribution in [0, 0.1) is 6.92 Å². The Morgan fingerprint density at radius 2 is 1.88 bits per heavy atom. The van der Waals surface area contributed by atoms with Crippen LogP contribution in [0.1, 0.15) is 34.0 Å². The molecule has 0 fully saturated rings. The predicted octanol–water partition coefficient (Wildman–Crippen LogP) is 5.50.